The lowest BCUT2D eigenvalue weighted by molar-refractivity contribution is 0.219. The molecule has 0 aromatic heterocycles. The first kappa shape index (κ1) is 14.4. The number of benzene rings is 1. The molecule has 0 heterocycles. The van der Waals surface area contributed by atoms with Crippen molar-refractivity contribution in [2.45, 2.75) is 19.9 Å². The van der Waals surface area contributed by atoms with Gasteiger partial charge in [0.2, 0.25) is 0 Å². The van der Waals surface area contributed by atoms with Crippen LogP contribution in [0.15, 0.2) is 18.2 Å². The molecule has 4 heteroatoms. The third-order valence-electron chi connectivity index (χ3n) is 2.74. The lowest BCUT2D eigenvalue weighted by Crippen LogP contribution is -2.34. The van der Waals surface area contributed by atoms with Crippen LogP contribution >= 0.6 is 11.6 Å². The summed E-state index contributed by atoms with van der Waals surface area (Å²) >= 11 is 6.06. The molecule has 0 radical (unpaired) electrons. The highest BCUT2D eigenvalue weighted by atomic mass is 35.5. The molecule has 0 saturated heterocycles. The van der Waals surface area contributed by atoms with Crippen LogP contribution in [-0.2, 0) is 0 Å². The van der Waals surface area contributed by atoms with E-state index >= 15 is 0 Å². The number of nitrogens with zero attached hydrogens (tertiary/aromatic N) is 1. The van der Waals surface area contributed by atoms with Crippen molar-refractivity contribution in [2.24, 2.45) is 11.7 Å². The summed E-state index contributed by atoms with van der Waals surface area (Å²) in [5, 5.41) is 0.441. The molecule has 1 aromatic carbocycles. The maximum absolute atomic E-state index is 13.8. The summed E-state index contributed by atoms with van der Waals surface area (Å²) in [5.74, 6) is 0.211. The van der Waals surface area contributed by atoms with Gasteiger partial charge in [0.15, 0.2) is 0 Å². The predicted molar refractivity (Wildman–Crippen MR) is 70.7 cm³/mol. The van der Waals surface area contributed by atoms with Crippen molar-refractivity contribution in [3.63, 3.8) is 0 Å². The van der Waals surface area contributed by atoms with E-state index in [1.165, 1.54) is 6.07 Å². The molecular weight excluding hydrogens is 239 g/mol. The maximum atomic E-state index is 13.8. The minimum atomic E-state index is -0.288. The summed E-state index contributed by atoms with van der Waals surface area (Å²) in [6.07, 6.45) is 0. The van der Waals surface area contributed by atoms with Crippen LogP contribution in [0.4, 0.5) is 4.39 Å². The van der Waals surface area contributed by atoms with Gasteiger partial charge in [-0.25, -0.2) is 4.39 Å². The van der Waals surface area contributed by atoms with Crippen molar-refractivity contribution < 1.29 is 4.39 Å². The largest absolute Gasteiger partial charge is 0.329 e. The summed E-state index contributed by atoms with van der Waals surface area (Å²) in [4.78, 5) is 2.05. The smallest absolute Gasteiger partial charge is 0.129 e. The van der Waals surface area contributed by atoms with E-state index in [-0.39, 0.29) is 11.9 Å². The van der Waals surface area contributed by atoms with Gasteiger partial charge in [0.05, 0.1) is 6.04 Å². The number of halogens is 2. The molecule has 0 bridgehead atoms. The first-order chi connectivity index (χ1) is 7.97. The van der Waals surface area contributed by atoms with Crippen molar-refractivity contribution in [2.75, 3.05) is 20.1 Å². The van der Waals surface area contributed by atoms with Gasteiger partial charge in [-0.2, -0.15) is 0 Å². The molecule has 0 spiro atoms. The third kappa shape index (κ3) is 3.66. The fraction of sp³-hybridized carbons (Fsp3) is 0.538. The molecule has 1 rings (SSSR count). The third-order valence-corrected chi connectivity index (χ3v) is 3.07. The normalized spacial score (nSPS) is 13.4. The Morgan fingerprint density at radius 1 is 1.41 bits per heavy atom. The second kappa shape index (κ2) is 6.34. The molecule has 2 N–H and O–H groups in total. The van der Waals surface area contributed by atoms with E-state index in [0.29, 0.717) is 23.0 Å². The van der Waals surface area contributed by atoms with Gasteiger partial charge in [-0.05, 0) is 25.1 Å². The number of nitrogens with two attached hydrogens (primary N) is 1. The molecule has 0 aliphatic heterocycles. The van der Waals surface area contributed by atoms with Crippen molar-refractivity contribution in [1.29, 1.82) is 0 Å². The lowest BCUT2D eigenvalue weighted by atomic mass is 10.0. The highest BCUT2D eigenvalue weighted by Crippen LogP contribution is 2.29. The molecule has 1 aromatic rings. The molecule has 96 valence electrons. The Hall–Kier alpha value is -0.640. The zero-order valence-electron chi connectivity index (χ0n) is 10.6. The van der Waals surface area contributed by atoms with Crippen LogP contribution < -0.4 is 5.73 Å². The van der Waals surface area contributed by atoms with E-state index in [9.17, 15) is 4.39 Å². The van der Waals surface area contributed by atoms with Crippen LogP contribution in [0.5, 0.6) is 0 Å². The molecule has 0 saturated carbocycles. The quantitative estimate of drug-likeness (QED) is 0.880. The van der Waals surface area contributed by atoms with E-state index < -0.39 is 0 Å². The monoisotopic (exact) mass is 258 g/mol. The Labute approximate surface area is 108 Å². The van der Waals surface area contributed by atoms with Gasteiger partial charge < -0.3 is 5.73 Å². The van der Waals surface area contributed by atoms with Gasteiger partial charge in [0.1, 0.15) is 5.82 Å². The van der Waals surface area contributed by atoms with Gasteiger partial charge in [0, 0.05) is 23.7 Å². The number of likely N-dealkylation sites (N-methyl/N-ethyl adjacent to an activating group) is 1. The van der Waals surface area contributed by atoms with Crippen LogP contribution in [0.25, 0.3) is 0 Å². The SMILES string of the molecule is CC(C)CN(C)C(CN)c1c(F)cccc1Cl. The van der Waals surface area contributed by atoms with Gasteiger partial charge in [-0.3, -0.25) is 4.90 Å². The Morgan fingerprint density at radius 2 is 2.06 bits per heavy atom. The Bertz CT molecular complexity index is 348. The highest BCUT2D eigenvalue weighted by molar-refractivity contribution is 6.31. The van der Waals surface area contributed by atoms with E-state index in [1.54, 1.807) is 12.1 Å². The van der Waals surface area contributed by atoms with Gasteiger partial charge in [-0.1, -0.05) is 31.5 Å². The van der Waals surface area contributed by atoms with Crippen LogP contribution in [0.3, 0.4) is 0 Å². The zero-order chi connectivity index (χ0) is 13.0. The molecule has 1 atom stereocenters. The van der Waals surface area contributed by atoms with Gasteiger partial charge >= 0.3 is 0 Å². The average Bonchev–Trinajstić information content (AvgIpc) is 2.22. The predicted octanol–water partition coefficient (Wildman–Crippen LogP) is 3.07. The van der Waals surface area contributed by atoms with Crippen LogP contribution in [0, 0.1) is 11.7 Å². The minimum absolute atomic E-state index is 0.175. The Morgan fingerprint density at radius 3 is 2.53 bits per heavy atom. The summed E-state index contributed by atoms with van der Waals surface area (Å²) in [6.45, 7) is 5.44. The van der Waals surface area contributed by atoms with Crippen molar-refractivity contribution in [3.05, 3.63) is 34.6 Å². The van der Waals surface area contributed by atoms with Crippen LogP contribution in [0.2, 0.25) is 5.02 Å². The number of hydrogen-bond acceptors (Lipinski definition) is 2. The fourth-order valence-electron chi connectivity index (χ4n) is 2.05. The first-order valence-electron chi connectivity index (χ1n) is 5.81. The molecule has 0 aliphatic carbocycles. The zero-order valence-corrected chi connectivity index (χ0v) is 11.3. The van der Waals surface area contributed by atoms with Crippen molar-refractivity contribution in [1.82, 2.24) is 4.90 Å². The first-order valence-corrected chi connectivity index (χ1v) is 6.19. The molecule has 2 nitrogen and oxygen atoms in total. The Kier molecular flexibility index (Phi) is 5.37. The Balaban J connectivity index is 3.01. The van der Waals surface area contributed by atoms with E-state index in [0.717, 1.165) is 6.54 Å². The lowest BCUT2D eigenvalue weighted by Gasteiger charge is -2.29. The molecule has 1 unspecified atom stereocenters. The second-order valence-corrected chi connectivity index (χ2v) is 5.13. The van der Waals surface area contributed by atoms with E-state index in [2.05, 4.69) is 18.7 Å². The summed E-state index contributed by atoms with van der Waals surface area (Å²) in [5.41, 5.74) is 6.25. The second-order valence-electron chi connectivity index (χ2n) is 4.72. The minimum Gasteiger partial charge on any atom is -0.329 e. The number of rotatable bonds is 5. The number of hydrogen-bond donors (Lipinski definition) is 1. The maximum Gasteiger partial charge on any atom is 0.129 e. The van der Waals surface area contributed by atoms with E-state index in [1.807, 2.05) is 7.05 Å². The van der Waals surface area contributed by atoms with Gasteiger partial charge in [-0.15, -0.1) is 0 Å². The highest BCUT2D eigenvalue weighted by Gasteiger charge is 2.22. The molecule has 0 aliphatic rings. The summed E-state index contributed by atoms with van der Waals surface area (Å²) in [6, 6.07) is 4.56. The van der Waals surface area contributed by atoms with Crippen molar-refractivity contribution in [3.8, 4) is 0 Å². The molecule has 0 fully saturated rings. The van der Waals surface area contributed by atoms with Crippen molar-refractivity contribution >= 4 is 11.6 Å². The molecular formula is C13H20ClFN2. The van der Waals surface area contributed by atoms with Crippen LogP contribution in [-0.4, -0.2) is 25.0 Å². The topological polar surface area (TPSA) is 29.3 Å². The summed E-state index contributed by atoms with van der Waals surface area (Å²) < 4.78 is 13.8. The van der Waals surface area contributed by atoms with E-state index in [4.69, 9.17) is 17.3 Å². The molecule has 0 amide bonds. The van der Waals surface area contributed by atoms with Gasteiger partial charge in [0.25, 0.3) is 0 Å². The fourth-order valence-corrected chi connectivity index (χ4v) is 2.34. The standard InChI is InChI=1S/C13H20ClFN2/c1-9(2)8-17(3)12(7-16)13-10(14)5-4-6-11(13)15/h4-6,9,12H,7-8,16H2,1-3H3. The molecule has 17 heavy (non-hydrogen) atoms. The average molecular weight is 259 g/mol. The summed E-state index contributed by atoms with van der Waals surface area (Å²) in [7, 11) is 1.94. The van der Waals surface area contributed by atoms with Crippen LogP contribution in [0.1, 0.15) is 25.5 Å².